The fraction of sp³-hybridized carbons (Fsp3) is 0.632. The Kier molecular flexibility index (Phi) is 6.39. The van der Waals surface area contributed by atoms with Crippen LogP contribution in [-0.2, 0) is 16.0 Å². The van der Waals surface area contributed by atoms with Gasteiger partial charge in [0.2, 0.25) is 5.91 Å². The predicted molar refractivity (Wildman–Crippen MR) is 96.2 cm³/mol. The Morgan fingerprint density at radius 1 is 1.32 bits per heavy atom. The Bertz CT molecular complexity index is 583. The number of hydrogen-bond acceptors (Lipinski definition) is 4. The van der Waals surface area contributed by atoms with Crippen molar-refractivity contribution < 1.29 is 14.3 Å². The molecule has 1 saturated heterocycles. The van der Waals surface area contributed by atoms with Gasteiger partial charge >= 0.3 is 6.09 Å². The molecule has 6 nitrogen and oxygen atoms in total. The number of rotatable bonds is 4. The molecule has 0 aromatic carbocycles. The van der Waals surface area contributed by atoms with Crippen LogP contribution < -0.4 is 0 Å². The van der Waals surface area contributed by atoms with E-state index >= 15 is 0 Å². The molecule has 1 aromatic heterocycles. The van der Waals surface area contributed by atoms with E-state index in [1.807, 2.05) is 39.0 Å². The average Bonchev–Trinajstić information content (AvgIpc) is 2.58. The number of amides is 2. The highest BCUT2D eigenvalue weighted by molar-refractivity contribution is 5.85. The second-order valence-electron chi connectivity index (χ2n) is 7.52. The minimum absolute atomic E-state index is 0.0264. The van der Waals surface area contributed by atoms with Crippen LogP contribution in [0.5, 0.6) is 0 Å². The summed E-state index contributed by atoms with van der Waals surface area (Å²) >= 11 is 0. The predicted octanol–water partition coefficient (Wildman–Crippen LogP) is 2.87. The molecule has 0 bridgehead atoms. The third-order valence-electron chi connectivity index (χ3n) is 4.22. The first-order chi connectivity index (χ1) is 11.8. The molecule has 1 aliphatic heterocycles. The fourth-order valence-corrected chi connectivity index (χ4v) is 2.92. The highest BCUT2D eigenvalue weighted by Crippen LogP contribution is 2.22. The Hall–Kier alpha value is -2.11. The van der Waals surface area contributed by atoms with Crippen molar-refractivity contribution in [3.63, 3.8) is 0 Å². The molecule has 2 heterocycles. The van der Waals surface area contributed by atoms with E-state index in [1.165, 1.54) is 0 Å². The molecule has 0 radical (unpaired) electrons. The van der Waals surface area contributed by atoms with Crippen molar-refractivity contribution in [3.05, 3.63) is 30.1 Å². The topological polar surface area (TPSA) is 62.7 Å². The number of aromatic nitrogens is 1. The van der Waals surface area contributed by atoms with Gasteiger partial charge in [0.15, 0.2) is 0 Å². The lowest BCUT2D eigenvalue weighted by Gasteiger charge is -2.37. The number of likely N-dealkylation sites (tertiary alicyclic amines) is 1. The summed E-state index contributed by atoms with van der Waals surface area (Å²) in [5.74, 6) is -0.0264. The van der Waals surface area contributed by atoms with Crippen LogP contribution in [0.25, 0.3) is 0 Å². The number of carbonyl (C=O) groups is 2. The summed E-state index contributed by atoms with van der Waals surface area (Å²) in [5.41, 5.74) is 0.391. The van der Waals surface area contributed by atoms with Crippen LogP contribution >= 0.6 is 0 Å². The maximum absolute atomic E-state index is 12.9. The Labute approximate surface area is 150 Å². The van der Waals surface area contributed by atoms with Crippen molar-refractivity contribution in [1.29, 1.82) is 0 Å². The molecule has 0 saturated carbocycles. The van der Waals surface area contributed by atoms with Crippen molar-refractivity contribution in [2.24, 2.45) is 0 Å². The maximum Gasteiger partial charge on any atom is 0.410 e. The van der Waals surface area contributed by atoms with Crippen molar-refractivity contribution in [2.45, 2.75) is 58.1 Å². The van der Waals surface area contributed by atoms with Crippen molar-refractivity contribution >= 4 is 12.0 Å². The second-order valence-corrected chi connectivity index (χ2v) is 7.52. The number of carbonyl (C=O) groups excluding carboxylic acids is 2. The quantitative estimate of drug-likeness (QED) is 0.840. The molecular formula is C19H29N3O3. The molecule has 6 heteroatoms. The SMILES string of the molecule is CN(CCc1ccccn1)C(=O)[C@H]1CCCCN1C(=O)OC(C)(C)C. The standard InChI is InChI=1S/C19H29N3O3/c1-19(2,3)25-18(24)22-13-8-6-10-16(22)17(23)21(4)14-11-15-9-5-7-12-20-15/h5,7,9,12,16H,6,8,10-11,13-14H2,1-4H3/t16-/m1/s1. The smallest absolute Gasteiger partial charge is 0.410 e. The van der Waals surface area contributed by atoms with E-state index in [2.05, 4.69) is 4.98 Å². The van der Waals surface area contributed by atoms with E-state index < -0.39 is 17.7 Å². The number of hydrogen-bond donors (Lipinski definition) is 0. The maximum atomic E-state index is 12.9. The third-order valence-corrected chi connectivity index (χ3v) is 4.22. The summed E-state index contributed by atoms with van der Waals surface area (Å²) < 4.78 is 5.47. The van der Waals surface area contributed by atoms with Crippen LogP contribution in [0.2, 0.25) is 0 Å². The molecule has 1 aromatic rings. The fourth-order valence-electron chi connectivity index (χ4n) is 2.92. The minimum atomic E-state index is -0.562. The lowest BCUT2D eigenvalue weighted by atomic mass is 10.0. The van der Waals surface area contributed by atoms with Crippen molar-refractivity contribution in [1.82, 2.24) is 14.8 Å². The molecule has 0 spiro atoms. The van der Waals surface area contributed by atoms with Crippen LogP contribution in [0.4, 0.5) is 4.79 Å². The van der Waals surface area contributed by atoms with Gasteiger partial charge in [-0.25, -0.2) is 4.79 Å². The van der Waals surface area contributed by atoms with Gasteiger partial charge in [-0.3, -0.25) is 14.7 Å². The third kappa shape index (κ3) is 5.73. The molecule has 0 unspecified atom stereocenters. The Balaban J connectivity index is 1.97. The number of piperidine rings is 1. The zero-order chi connectivity index (χ0) is 18.4. The van der Waals surface area contributed by atoms with E-state index in [1.54, 1.807) is 23.0 Å². The number of nitrogens with zero attached hydrogens (tertiary/aromatic N) is 3. The number of likely N-dealkylation sites (N-methyl/N-ethyl adjacent to an activating group) is 1. The van der Waals surface area contributed by atoms with Gasteiger partial charge in [-0.05, 0) is 52.2 Å². The molecule has 138 valence electrons. The zero-order valence-corrected chi connectivity index (χ0v) is 15.7. The molecule has 0 N–H and O–H groups in total. The van der Waals surface area contributed by atoms with Gasteiger partial charge in [0.05, 0.1) is 0 Å². The summed E-state index contributed by atoms with van der Waals surface area (Å²) in [4.78, 5) is 32.9. The van der Waals surface area contributed by atoms with E-state index in [0.29, 0.717) is 25.9 Å². The zero-order valence-electron chi connectivity index (χ0n) is 15.7. The van der Waals surface area contributed by atoms with Gasteiger partial charge in [-0.1, -0.05) is 6.07 Å². The number of pyridine rings is 1. The van der Waals surface area contributed by atoms with Crippen LogP contribution in [0.15, 0.2) is 24.4 Å². The molecule has 1 aliphatic rings. The van der Waals surface area contributed by atoms with Crippen LogP contribution in [0, 0.1) is 0 Å². The van der Waals surface area contributed by atoms with Gasteiger partial charge in [-0.2, -0.15) is 0 Å². The highest BCUT2D eigenvalue weighted by Gasteiger charge is 2.36. The summed E-state index contributed by atoms with van der Waals surface area (Å²) in [5, 5.41) is 0. The molecule has 1 atom stereocenters. The molecule has 1 fully saturated rings. The van der Waals surface area contributed by atoms with Crippen molar-refractivity contribution in [3.8, 4) is 0 Å². The summed E-state index contributed by atoms with van der Waals surface area (Å²) in [6.07, 6.45) is 4.59. The Morgan fingerprint density at radius 2 is 2.08 bits per heavy atom. The van der Waals surface area contributed by atoms with E-state index in [4.69, 9.17) is 4.74 Å². The van der Waals surface area contributed by atoms with Crippen LogP contribution in [0.1, 0.15) is 45.7 Å². The lowest BCUT2D eigenvalue weighted by Crippen LogP contribution is -2.53. The van der Waals surface area contributed by atoms with Gasteiger partial charge in [-0.15, -0.1) is 0 Å². The Morgan fingerprint density at radius 3 is 2.72 bits per heavy atom. The summed E-state index contributed by atoms with van der Waals surface area (Å²) in [6, 6.07) is 5.33. The summed E-state index contributed by atoms with van der Waals surface area (Å²) in [7, 11) is 1.78. The van der Waals surface area contributed by atoms with E-state index in [0.717, 1.165) is 18.5 Å². The normalized spacial score (nSPS) is 17.9. The first-order valence-corrected chi connectivity index (χ1v) is 8.92. The second kappa shape index (κ2) is 8.32. The highest BCUT2D eigenvalue weighted by atomic mass is 16.6. The first-order valence-electron chi connectivity index (χ1n) is 8.92. The average molecular weight is 347 g/mol. The molecule has 2 amide bonds. The monoisotopic (exact) mass is 347 g/mol. The van der Waals surface area contributed by atoms with Gasteiger partial charge in [0, 0.05) is 38.4 Å². The van der Waals surface area contributed by atoms with Crippen LogP contribution in [0.3, 0.4) is 0 Å². The molecular weight excluding hydrogens is 318 g/mol. The molecule has 0 aliphatic carbocycles. The van der Waals surface area contributed by atoms with Crippen molar-refractivity contribution in [2.75, 3.05) is 20.1 Å². The minimum Gasteiger partial charge on any atom is -0.444 e. The van der Waals surface area contributed by atoms with Gasteiger partial charge in [0.25, 0.3) is 0 Å². The first kappa shape index (κ1) is 19.2. The summed E-state index contributed by atoms with van der Waals surface area (Å²) in [6.45, 7) is 6.66. The van der Waals surface area contributed by atoms with Gasteiger partial charge < -0.3 is 9.64 Å². The largest absolute Gasteiger partial charge is 0.444 e. The molecule has 2 rings (SSSR count). The van der Waals surface area contributed by atoms with E-state index in [9.17, 15) is 9.59 Å². The van der Waals surface area contributed by atoms with Crippen LogP contribution in [-0.4, -0.2) is 58.6 Å². The van der Waals surface area contributed by atoms with Gasteiger partial charge in [0.1, 0.15) is 11.6 Å². The van der Waals surface area contributed by atoms with E-state index in [-0.39, 0.29) is 5.91 Å². The number of ether oxygens (including phenoxy) is 1. The lowest BCUT2D eigenvalue weighted by molar-refractivity contribution is -0.136. The molecule has 25 heavy (non-hydrogen) atoms.